The number of carbonyl (C=O) groups excluding carboxylic acids is 2. The summed E-state index contributed by atoms with van der Waals surface area (Å²) in [5.41, 5.74) is 3.93. The summed E-state index contributed by atoms with van der Waals surface area (Å²) < 4.78 is 30.5. The molecule has 47 heavy (non-hydrogen) atoms. The highest BCUT2D eigenvalue weighted by atomic mass is 79.9. The van der Waals surface area contributed by atoms with E-state index >= 15 is 0 Å². The molecule has 1 saturated carbocycles. The molecule has 4 aromatic rings. The van der Waals surface area contributed by atoms with Gasteiger partial charge in [-0.2, -0.15) is 0 Å². The molecule has 1 fully saturated rings. The fourth-order valence-corrected chi connectivity index (χ4v) is 7.88. The Bertz CT molecular complexity index is 1810. The lowest BCUT2D eigenvalue weighted by molar-refractivity contribution is -0.140. The molecular formula is C37H39BrClN3O4S. The summed E-state index contributed by atoms with van der Waals surface area (Å²) in [4.78, 5) is 30.4. The van der Waals surface area contributed by atoms with E-state index in [0.29, 0.717) is 10.7 Å². The minimum absolute atomic E-state index is 0.00581. The van der Waals surface area contributed by atoms with Crippen LogP contribution in [0.2, 0.25) is 5.02 Å². The number of sulfonamides is 1. The molecule has 7 nitrogen and oxygen atoms in total. The van der Waals surface area contributed by atoms with Gasteiger partial charge in [-0.05, 0) is 97.5 Å². The summed E-state index contributed by atoms with van der Waals surface area (Å²) in [5.74, 6) is -0.745. The second-order valence-electron chi connectivity index (χ2n) is 12.1. The first-order valence-electron chi connectivity index (χ1n) is 15.7. The van der Waals surface area contributed by atoms with Crippen molar-refractivity contribution in [3.8, 4) is 0 Å². The van der Waals surface area contributed by atoms with E-state index in [9.17, 15) is 18.0 Å². The number of nitrogens with zero attached hydrogens (tertiary/aromatic N) is 2. The molecule has 5 rings (SSSR count). The zero-order valence-corrected chi connectivity index (χ0v) is 29.7. The first-order valence-corrected chi connectivity index (χ1v) is 18.4. The lowest BCUT2D eigenvalue weighted by atomic mass is 10.0. The average Bonchev–Trinajstić information content (AvgIpc) is 3.56. The van der Waals surface area contributed by atoms with Crippen molar-refractivity contribution < 1.29 is 18.0 Å². The van der Waals surface area contributed by atoms with E-state index in [1.807, 2.05) is 74.5 Å². The van der Waals surface area contributed by atoms with Crippen LogP contribution in [0, 0.1) is 13.8 Å². The standard InChI is InChI=1S/C37H39BrClN3O4S/c1-26-15-18-33(21-27(26)2)42(47(45,46)34-19-16-31(39)17-20-34)25-36(43)41(24-29-11-8-12-30(38)22-29)35(23-28-9-4-3-5-10-28)37(44)40-32-13-6-7-14-32/h3-5,8-12,15-22,32,35H,6-7,13-14,23-25H2,1-2H3,(H,40,44)/t35-/m0/s1. The number of carbonyl (C=O) groups is 2. The topological polar surface area (TPSA) is 86.8 Å². The van der Waals surface area contributed by atoms with Crippen molar-refractivity contribution in [2.45, 2.75) is 69.5 Å². The van der Waals surface area contributed by atoms with Crippen molar-refractivity contribution in [1.82, 2.24) is 10.2 Å². The van der Waals surface area contributed by atoms with Crippen molar-refractivity contribution in [1.29, 1.82) is 0 Å². The number of benzene rings is 4. The number of hydrogen-bond acceptors (Lipinski definition) is 4. The molecule has 0 aromatic heterocycles. The van der Waals surface area contributed by atoms with Crippen molar-refractivity contribution in [2.75, 3.05) is 10.8 Å². The van der Waals surface area contributed by atoms with E-state index in [-0.39, 0.29) is 29.8 Å². The molecule has 1 aliphatic carbocycles. The lowest BCUT2D eigenvalue weighted by Crippen LogP contribution is -2.54. The number of aryl methyl sites for hydroxylation is 2. The Balaban J connectivity index is 1.58. The van der Waals surface area contributed by atoms with Crippen molar-refractivity contribution in [3.05, 3.63) is 129 Å². The normalized spacial score (nSPS) is 14.0. The maximum absolute atomic E-state index is 14.7. The maximum atomic E-state index is 14.7. The van der Waals surface area contributed by atoms with Crippen LogP contribution in [0.4, 0.5) is 5.69 Å². The summed E-state index contributed by atoms with van der Waals surface area (Å²) in [6.45, 7) is 3.44. The predicted molar refractivity (Wildman–Crippen MR) is 191 cm³/mol. The first-order chi connectivity index (χ1) is 22.5. The summed E-state index contributed by atoms with van der Waals surface area (Å²) >= 11 is 9.62. The Morgan fingerprint density at radius 1 is 0.872 bits per heavy atom. The summed E-state index contributed by atoms with van der Waals surface area (Å²) in [5, 5.41) is 3.60. The molecule has 246 valence electrons. The van der Waals surface area contributed by atoms with E-state index in [2.05, 4.69) is 21.2 Å². The van der Waals surface area contributed by atoms with E-state index in [1.165, 1.54) is 29.2 Å². The van der Waals surface area contributed by atoms with Gasteiger partial charge in [0.1, 0.15) is 12.6 Å². The van der Waals surface area contributed by atoms with Gasteiger partial charge in [0.15, 0.2) is 0 Å². The zero-order chi connectivity index (χ0) is 33.6. The summed E-state index contributed by atoms with van der Waals surface area (Å²) in [6, 6.07) is 27.5. The van der Waals surface area contributed by atoms with Crippen LogP contribution in [0.15, 0.2) is 106 Å². The quantitative estimate of drug-likeness (QED) is 0.162. The molecule has 0 heterocycles. The van der Waals surface area contributed by atoms with Crippen molar-refractivity contribution >= 4 is 55.1 Å². The van der Waals surface area contributed by atoms with E-state index in [4.69, 9.17) is 11.6 Å². The van der Waals surface area contributed by atoms with Gasteiger partial charge in [0, 0.05) is 28.5 Å². The van der Waals surface area contributed by atoms with Crippen LogP contribution in [0.5, 0.6) is 0 Å². The first kappa shape index (κ1) is 34.7. The van der Waals surface area contributed by atoms with Gasteiger partial charge in [-0.1, -0.05) is 88.9 Å². The van der Waals surface area contributed by atoms with Crippen LogP contribution >= 0.6 is 27.5 Å². The minimum Gasteiger partial charge on any atom is -0.352 e. The number of rotatable bonds is 12. The third-order valence-corrected chi connectivity index (χ3v) is 11.2. The Morgan fingerprint density at radius 2 is 1.55 bits per heavy atom. The zero-order valence-electron chi connectivity index (χ0n) is 26.5. The van der Waals surface area contributed by atoms with Gasteiger partial charge < -0.3 is 10.2 Å². The fraction of sp³-hybridized carbons (Fsp3) is 0.297. The van der Waals surface area contributed by atoms with Gasteiger partial charge in [-0.3, -0.25) is 13.9 Å². The van der Waals surface area contributed by atoms with E-state index in [0.717, 1.165) is 56.7 Å². The minimum atomic E-state index is -4.21. The number of halogens is 2. The molecule has 0 radical (unpaired) electrons. The molecule has 0 bridgehead atoms. The Kier molecular flexibility index (Phi) is 11.4. The van der Waals surface area contributed by atoms with Crippen LogP contribution in [-0.4, -0.2) is 43.8 Å². The van der Waals surface area contributed by atoms with Gasteiger partial charge in [0.05, 0.1) is 10.6 Å². The van der Waals surface area contributed by atoms with Crippen LogP contribution < -0.4 is 9.62 Å². The van der Waals surface area contributed by atoms with Gasteiger partial charge in [-0.25, -0.2) is 8.42 Å². The van der Waals surface area contributed by atoms with Crippen LogP contribution in [-0.2, 0) is 32.6 Å². The van der Waals surface area contributed by atoms with Gasteiger partial charge in [0.25, 0.3) is 10.0 Å². The molecule has 0 saturated heterocycles. The number of amides is 2. The van der Waals surface area contributed by atoms with Crippen LogP contribution in [0.25, 0.3) is 0 Å². The number of anilines is 1. The second kappa shape index (κ2) is 15.5. The number of nitrogens with one attached hydrogen (secondary N) is 1. The second-order valence-corrected chi connectivity index (χ2v) is 15.3. The summed E-state index contributed by atoms with van der Waals surface area (Å²) in [7, 11) is -4.21. The predicted octanol–water partition coefficient (Wildman–Crippen LogP) is 7.61. The highest BCUT2D eigenvalue weighted by molar-refractivity contribution is 9.10. The number of hydrogen-bond donors (Lipinski definition) is 1. The molecule has 4 aromatic carbocycles. The fourth-order valence-electron chi connectivity index (χ4n) is 5.90. The highest BCUT2D eigenvalue weighted by Crippen LogP contribution is 2.28. The molecule has 1 atom stereocenters. The monoisotopic (exact) mass is 735 g/mol. The molecule has 0 spiro atoms. The molecule has 1 aliphatic rings. The molecule has 0 unspecified atom stereocenters. The van der Waals surface area contributed by atoms with E-state index < -0.39 is 28.5 Å². The average molecular weight is 737 g/mol. The van der Waals surface area contributed by atoms with Crippen molar-refractivity contribution in [2.24, 2.45) is 0 Å². The third kappa shape index (κ3) is 8.83. The van der Waals surface area contributed by atoms with Crippen LogP contribution in [0.3, 0.4) is 0 Å². The smallest absolute Gasteiger partial charge is 0.264 e. The molecule has 10 heteroatoms. The van der Waals surface area contributed by atoms with Crippen LogP contribution in [0.1, 0.15) is 47.9 Å². The van der Waals surface area contributed by atoms with E-state index in [1.54, 1.807) is 12.1 Å². The molecule has 0 aliphatic heterocycles. The van der Waals surface area contributed by atoms with Gasteiger partial charge in [0.2, 0.25) is 11.8 Å². The maximum Gasteiger partial charge on any atom is 0.264 e. The lowest BCUT2D eigenvalue weighted by Gasteiger charge is -2.34. The van der Waals surface area contributed by atoms with Gasteiger partial charge in [-0.15, -0.1) is 0 Å². The molecular weight excluding hydrogens is 698 g/mol. The SMILES string of the molecule is Cc1ccc(N(CC(=O)N(Cc2cccc(Br)c2)[C@@H](Cc2ccccc2)C(=O)NC2CCCC2)S(=O)(=O)c2ccc(Cl)cc2)cc1C. The van der Waals surface area contributed by atoms with Gasteiger partial charge >= 0.3 is 0 Å². The summed E-state index contributed by atoms with van der Waals surface area (Å²) in [6.07, 6.45) is 4.14. The Labute approximate surface area is 291 Å². The highest BCUT2D eigenvalue weighted by Gasteiger charge is 2.35. The van der Waals surface area contributed by atoms with Crippen molar-refractivity contribution in [3.63, 3.8) is 0 Å². The third-order valence-electron chi connectivity index (χ3n) is 8.67. The molecule has 2 amide bonds. The Hall–Kier alpha value is -3.66. The molecule has 1 N–H and O–H groups in total. The Morgan fingerprint density at radius 3 is 2.21 bits per heavy atom. The largest absolute Gasteiger partial charge is 0.352 e.